The van der Waals surface area contributed by atoms with Gasteiger partial charge in [0.05, 0.1) is 15.0 Å². The smallest absolute Gasteiger partial charge is 0.314 e. The highest BCUT2D eigenvalue weighted by molar-refractivity contribution is 7.20. The Kier molecular flexibility index (Phi) is 7.82. The van der Waals surface area contributed by atoms with Crippen LogP contribution in [0.2, 0.25) is 4.34 Å². The largest absolute Gasteiger partial charge is 0.347 e. The first kappa shape index (κ1) is 24.1. The number of carbonyl (C=O) groups is 4. The highest BCUT2D eigenvalue weighted by Gasteiger charge is 2.28. The van der Waals surface area contributed by atoms with Crippen LogP contribution in [0.25, 0.3) is 0 Å². The number of amides is 4. The van der Waals surface area contributed by atoms with Crippen molar-refractivity contribution in [3.8, 4) is 0 Å². The fourth-order valence-corrected chi connectivity index (χ4v) is 5.01. The molecule has 0 fully saturated rings. The first-order valence-corrected chi connectivity index (χ1v) is 11.7. The summed E-state index contributed by atoms with van der Waals surface area (Å²) in [5.74, 6) is -2.76. The second-order valence-corrected chi connectivity index (χ2v) is 10.2. The summed E-state index contributed by atoms with van der Waals surface area (Å²) in [6.45, 7) is 1.33. The summed E-state index contributed by atoms with van der Waals surface area (Å²) < 4.78 is 0.468. The molecule has 0 bridgehead atoms. The van der Waals surface area contributed by atoms with Gasteiger partial charge in [-0.05, 0) is 19.2 Å². The number of likely N-dealkylation sites (N-methyl/N-ethyl adjacent to an activating group) is 2. The van der Waals surface area contributed by atoms with Gasteiger partial charge in [0, 0.05) is 45.0 Å². The van der Waals surface area contributed by atoms with E-state index in [2.05, 4.69) is 25.8 Å². The Morgan fingerprint density at radius 3 is 2.62 bits per heavy atom. The number of aromatic nitrogens is 1. The zero-order chi connectivity index (χ0) is 23.4. The molecule has 2 aromatic rings. The maximum absolute atomic E-state index is 12.8. The molecule has 3 heterocycles. The zero-order valence-corrected chi connectivity index (χ0v) is 20.1. The molecule has 3 rings (SSSR count). The van der Waals surface area contributed by atoms with Gasteiger partial charge in [0.2, 0.25) is 5.91 Å². The third-order valence-corrected chi connectivity index (χ3v) is 6.87. The zero-order valence-electron chi connectivity index (χ0n) is 17.7. The molecule has 1 aliphatic heterocycles. The van der Waals surface area contributed by atoms with E-state index in [1.807, 2.05) is 7.05 Å². The van der Waals surface area contributed by atoms with Gasteiger partial charge in [-0.25, -0.2) is 4.98 Å². The van der Waals surface area contributed by atoms with Gasteiger partial charge in [0.15, 0.2) is 5.01 Å². The van der Waals surface area contributed by atoms with E-state index in [1.165, 1.54) is 30.3 Å². The number of hydrogen-bond donors (Lipinski definition) is 3. The minimum Gasteiger partial charge on any atom is -0.347 e. The summed E-state index contributed by atoms with van der Waals surface area (Å²) in [6, 6.07) is 2.10. The molecule has 10 nitrogen and oxygen atoms in total. The van der Waals surface area contributed by atoms with Gasteiger partial charge in [-0.15, -0.1) is 22.7 Å². The highest BCUT2D eigenvalue weighted by Crippen LogP contribution is 2.26. The number of hydrogen-bond acceptors (Lipinski definition) is 8. The molecule has 4 amide bonds. The SMILES string of the molecule is CN1CCc2nc(C(=O)NC(CNC(=O)C(=O)Nc3ccc(Cl)s3)C(=O)N(C)C)sc2C1. The minimum absolute atomic E-state index is 0.256. The first-order valence-electron chi connectivity index (χ1n) is 9.67. The quantitative estimate of drug-likeness (QED) is 0.506. The van der Waals surface area contributed by atoms with Gasteiger partial charge in [-0.3, -0.25) is 19.2 Å². The number of rotatable bonds is 6. The number of anilines is 1. The molecule has 1 unspecified atom stereocenters. The van der Waals surface area contributed by atoms with Crippen LogP contribution in [-0.4, -0.2) is 78.7 Å². The Morgan fingerprint density at radius 2 is 1.97 bits per heavy atom. The number of nitrogens with zero attached hydrogens (tertiary/aromatic N) is 3. The number of carbonyl (C=O) groups excluding carboxylic acids is 4. The summed E-state index contributed by atoms with van der Waals surface area (Å²) >= 11 is 8.21. The maximum atomic E-state index is 12.8. The Balaban J connectivity index is 1.62. The number of thiazole rings is 1. The second kappa shape index (κ2) is 10.4. The van der Waals surface area contributed by atoms with E-state index in [0.29, 0.717) is 9.34 Å². The summed E-state index contributed by atoms with van der Waals surface area (Å²) in [5, 5.41) is 8.12. The van der Waals surface area contributed by atoms with E-state index in [4.69, 9.17) is 11.6 Å². The Labute approximate surface area is 197 Å². The van der Waals surface area contributed by atoms with Crippen LogP contribution in [-0.2, 0) is 27.3 Å². The first-order chi connectivity index (χ1) is 15.1. The number of thiophene rings is 1. The van der Waals surface area contributed by atoms with E-state index in [9.17, 15) is 19.2 Å². The number of fused-ring (bicyclic) bond motifs is 1. The normalized spacial score (nSPS) is 14.2. The molecular weight excluding hydrogens is 476 g/mol. The lowest BCUT2D eigenvalue weighted by Gasteiger charge is -2.21. The summed E-state index contributed by atoms with van der Waals surface area (Å²) in [7, 11) is 5.07. The molecule has 3 N–H and O–H groups in total. The average molecular weight is 499 g/mol. The van der Waals surface area contributed by atoms with Gasteiger partial charge in [-0.2, -0.15) is 0 Å². The van der Waals surface area contributed by atoms with Crippen LogP contribution in [0.15, 0.2) is 12.1 Å². The molecule has 2 aromatic heterocycles. The van der Waals surface area contributed by atoms with E-state index in [1.54, 1.807) is 12.1 Å². The van der Waals surface area contributed by atoms with Crippen molar-refractivity contribution >= 4 is 62.9 Å². The molecule has 1 aliphatic rings. The van der Waals surface area contributed by atoms with Gasteiger partial charge in [0.1, 0.15) is 6.04 Å². The third-order valence-electron chi connectivity index (χ3n) is 4.64. The average Bonchev–Trinajstić information content (AvgIpc) is 3.35. The second-order valence-electron chi connectivity index (χ2n) is 7.40. The predicted octanol–water partition coefficient (Wildman–Crippen LogP) is 0.787. The molecule has 0 saturated carbocycles. The van der Waals surface area contributed by atoms with E-state index in [0.717, 1.165) is 41.4 Å². The summed E-state index contributed by atoms with van der Waals surface area (Å²) in [6.07, 6.45) is 0.760. The number of nitrogens with one attached hydrogen (secondary N) is 3. The van der Waals surface area contributed by atoms with Crippen molar-refractivity contribution in [3.05, 3.63) is 32.0 Å². The monoisotopic (exact) mass is 498 g/mol. The molecule has 172 valence electrons. The van der Waals surface area contributed by atoms with Crippen LogP contribution in [0.4, 0.5) is 5.00 Å². The lowest BCUT2D eigenvalue weighted by Crippen LogP contribution is -2.53. The van der Waals surface area contributed by atoms with Gasteiger partial charge in [-0.1, -0.05) is 11.6 Å². The number of halogens is 1. The van der Waals surface area contributed by atoms with Crippen LogP contribution in [0.1, 0.15) is 20.4 Å². The molecule has 0 aliphatic carbocycles. The summed E-state index contributed by atoms with van der Waals surface area (Å²) in [5.41, 5.74) is 0.896. The van der Waals surface area contributed by atoms with Crippen molar-refractivity contribution in [2.24, 2.45) is 0 Å². The van der Waals surface area contributed by atoms with Crippen LogP contribution >= 0.6 is 34.3 Å². The lowest BCUT2D eigenvalue weighted by atomic mass is 10.2. The molecule has 1 atom stereocenters. The van der Waals surface area contributed by atoms with Gasteiger partial charge < -0.3 is 25.8 Å². The van der Waals surface area contributed by atoms with E-state index in [-0.39, 0.29) is 11.6 Å². The Bertz CT molecular complexity index is 1040. The van der Waals surface area contributed by atoms with E-state index >= 15 is 0 Å². The fourth-order valence-electron chi connectivity index (χ4n) is 2.98. The van der Waals surface area contributed by atoms with Gasteiger partial charge in [0.25, 0.3) is 5.91 Å². The minimum atomic E-state index is -1.06. The Hall–Kier alpha value is -2.54. The van der Waals surface area contributed by atoms with Crippen molar-refractivity contribution in [1.29, 1.82) is 0 Å². The van der Waals surface area contributed by atoms with Crippen molar-refractivity contribution in [2.45, 2.75) is 19.0 Å². The van der Waals surface area contributed by atoms with Crippen LogP contribution < -0.4 is 16.0 Å². The van der Waals surface area contributed by atoms with Crippen molar-refractivity contribution in [3.63, 3.8) is 0 Å². The molecule has 0 radical (unpaired) electrons. The topological polar surface area (TPSA) is 124 Å². The predicted molar refractivity (Wildman–Crippen MR) is 123 cm³/mol. The molecular formula is C19H23ClN6O4S2. The summed E-state index contributed by atoms with van der Waals surface area (Å²) in [4.78, 5) is 58.4. The van der Waals surface area contributed by atoms with Crippen molar-refractivity contribution in [1.82, 2.24) is 25.4 Å². The molecule has 13 heteroatoms. The van der Waals surface area contributed by atoms with Crippen LogP contribution in [0.3, 0.4) is 0 Å². The third kappa shape index (κ3) is 6.03. The van der Waals surface area contributed by atoms with Gasteiger partial charge >= 0.3 is 11.8 Å². The lowest BCUT2D eigenvalue weighted by molar-refractivity contribution is -0.136. The van der Waals surface area contributed by atoms with Crippen molar-refractivity contribution in [2.75, 3.05) is 39.5 Å². The molecule has 0 saturated heterocycles. The van der Waals surface area contributed by atoms with Crippen molar-refractivity contribution < 1.29 is 19.2 Å². The molecule has 0 aromatic carbocycles. The van der Waals surface area contributed by atoms with Crippen LogP contribution in [0, 0.1) is 0 Å². The standard InChI is InChI=1S/C19H23ClN6O4S2/c1-25(2)19(30)11(8-21-15(27)16(28)24-14-5-4-13(20)32-14)22-17(29)18-23-10-6-7-26(3)9-12(10)31-18/h4-5,11H,6-9H2,1-3H3,(H,21,27)(H,22,29)(H,24,28). The molecule has 32 heavy (non-hydrogen) atoms. The van der Waals surface area contributed by atoms with E-state index < -0.39 is 29.7 Å². The maximum Gasteiger partial charge on any atom is 0.314 e. The highest BCUT2D eigenvalue weighted by atomic mass is 35.5. The molecule has 0 spiro atoms. The fraction of sp³-hybridized carbons (Fsp3) is 0.421. The Morgan fingerprint density at radius 1 is 1.22 bits per heavy atom. The van der Waals surface area contributed by atoms with Crippen LogP contribution in [0.5, 0.6) is 0 Å².